The monoisotopic (exact) mass is 225 g/mol. The molecule has 0 heterocycles. The van der Waals surface area contributed by atoms with E-state index in [0.717, 1.165) is 11.4 Å². The van der Waals surface area contributed by atoms with Crippen LogP contribution in [0.5, 0.6) is 5.75 Å². The smallest absolute Gasteiger partial charge is 0.121 e. The Morgan fingerprint density at radius 1 is 1.38 bits per heavy atom. The first-order chi connectivity index (χ1) is 7.67. The average Bonchev–Trinajstić information content (AvgIpc) is 2.31. The normalized spacial score (nSPS) is 12.2. The van der Waals surface area contributed by atoms with Crippen molar-refractivity contribution >= 4 is 11.4 Å². The molecule has 0 unspecified atom stereocenters. The minimum Gasteiger partial charge on any atom is -0.497 e. The van der Waals surface area contributed by atoms with Crippen LogP contribution in [0.15, 0.2) is 18.2 Å². The van der Waals surface area contributed by atoms with Crippen molar-refractivity contribution in [2.24, 2.45) is 0 Å². The van der Waals surface area contributed by atoms with Gasteiger partial charge in [-0.3, -0.25) is 0 Å². The summed E-state index contributed by atoms with van der Waals surface area (Å²) in [6.07, 6.45) is 0.138. The lowest BCUT2D eigenvalue weighted by Gasteiger charge is -2.14. The van der Waals surface area contributed by atoms with E-state index in [9.17, 15) is 0 Å². The highest BCUT2D eigenvalue weighted by Gasteiger charge is 2.02. The second kappa shape index (κ2) is 6.19. The Kier molecular flexibility index (Phi) is 4.88. The Balaban J connectivity index is 2.52. The van der Waals surface area contributed by atoms with E-state index in [1.54, 1.807) is 20.3 Å². The summed E-state index contributed by atoms with van der Waals surface area (Å²) in [7, 11) is 3.29. The molecule has 1 atom stereocenters. The first-order valence-electron chi connectivity index (χ1n) is 5.12. The molecule has 0 saturated carbocycles. The van der Waals surface area contributed by atoms with Crippen LogP contribution in [-0.2, 0) is 4.74 Å². The Morgan fingerprint density at radius 3 is 2.75 bits per heavy atom. The lowest BCUT2D eigenvalue weighted by atomic mass is 10.2. The fraction of sp³-hybridized carbons (Fsp3) is 0.455. The quantitative estimate of drug-likeness (QED) is 0.502. The van der Waals surface area contributed by atoms with Gasteiger partial charge in [0.1, 0.15) is 5.75 Å². The number of hydrogen-bond acceptors (Lipinski definition) is 5. The lowest BCUT2D eigenvalue weighted by molar-refractivity contribution is 0.119. The van der Waals surface area contributed by atoms with E-state index >= 15 is 0 Å². The number of nitrogen functional groups attached to an aromatic ring is 1. The van der Waals surface area contributed by atoms with Crippen LogP contribution in [0.2, 0.25) is 0 Å². The number of rotatable bonds is 6. The molecule has 0 amide bonds. The molecule has 90 valence electrons. The van der Waals surface area contributed by atoms with Crippen molar-refractivity contribution < 1.29 is 9.47 Å². The molecule has 0 radical (unpaired) electrons. The molecule has 0 aliphatic carbocycles. The van der Waals surface area contributed by atoms with Gasteiger partial charge in [-0.25, -0.2) is 5.43 Å². The molecule has 0 aliphatic heterocycles. The van der Waals surface area contributed by atoms with Gasteiger partial charge in [0.15, 0.2) is 0 Å². The zero-order chi connectivity index (χ0) is 12.0. The van der Waals surface area contributed by atoms with Crippen LogP contribution in [-0.4, -0.2) is 26.9 Å². The summed E-state index contributed by atoms with van der Waals surface area (Å²) in [4.78, 5) is 0. The predicted molar refractivity (Wildman–Crippen MR) is 65.5 cm³/mol. The minimum atomic E-state index is 0.138. The van der Waals surface area contributed by atoms with Gasteiger partial charge in [0, 0.05) is 19.7 Å². The molecule has 0 saturated heterocycles. The molecule has 0 spiro atoms. The third-order valence-electron chi connectivity index (χ3n) is 2.28. The molecule has 1 aromatic carbocycles. The van der Waals surface area contributed by atoms with Crippen molar-refractivity contribution in [3.05, 3.63) is 18.2 Å². The highest BCUT2D eigenvalue weighted by atomic mass is 16.5. The van der Waals surface area contributed by atoms with Gasteiger partial charge in [0.25, 0.3) is 0 Å². The molecule has 0 aliphatic rings. The summed E-state index contributed by atoms with van der Waals surface area (Å²) < 4.78 is 10.2. The number of hydrogen-bond donors (Lipinski definition) is 3. The van der Waals surface area contributed by atoms with Crippen LogP contribution in [0.25, 0.3) is 0 Å². The number of ether oxygens (including phenoxy) is 2. The number of hydrazine groups is 1. The van der Waals surface area contributed by atoms with E-state index in [2.05, 4.69) is 10.9 Å². The molecule has 5 nitrogen and oxygen atoms in total. The highest BCUT2D eigenvalue weighted by molar-refractivity contribution is 5.67. The maximum Gasteiger partial charge on any atom is 0.121 e. The van der Waals surface area contributed by atoms with Crippen molar-refractivity contribution in [1.29, 1.82) is 0 Å². The van der Waals surface area contributed by atoms with Crippen LogP contribution >= 0.6 is 0 Å². The first kappa shape index (κ1) is 12.6. The summed E-state index contributed by atoms with van der Waals surface area (Å²) in [5.41, 5.74) is 13.3. The van der Waals surface area contributed by atoms with Crippen LogP contribution in [0.1, 0.15) is 6.92 Å². The van der Waals surface area contributed by atoms with Gasteiger partial charge in [0.2, 0.25) is 0 Å². The van der Waals surface area contributed by atoms with Crippen LogP contribution in [0.4, 0.5) is 11.4 Å². The molecule has 16 heavy (non-hydrogen) atoms. The zero-order valence-corrected chi connectivity index (χ0v) is 9.91. The molecule has 0 bridgehead atoms. The fourth-order valence-electron chi connectivity index (χ4n) is 1.14. The van der Waals surface area contributed by atoms with Crippen LogP contribution < -0.4 is 21.3 Å². The van der Waals surface area contributed by atoms with Crippen LogP contribution in [0, 0.1) is 0 Å². The minimum absolute atomic E-state index is 0.138. The van der Waals surface area contributed by atoms with E-state index in [4.69, 9.17) is 15.2 Å². The molecule has 0 aromatic heterocycles. The van der Waals surface area contributed by atoms with Gasteiger partial charge in [-0.15, -0.1) is 0 Å². The molecule has 1 aromatic rings. The van der Waals surface area contributed by atoms with E-state index in [1.807, 2.05) is 19.1 Å². The topological polar surface area (TPSA) is 68.5 Å². The van der Waals surface area contributed by atoms with E-state index in [0.29, 0.717) is 12.2 Å². The molecular formula is C11H19N3O2. The van der Waals surface area contributed by atoms with Gasteiger partial charge in [-0.05, 0) is 19.1 Å². The lowest BCUT2D eigenvalue weighted by Crippen LogP contribution is -2.30. The van der Waals surface area contributed by atoms with Gasteiger partial charge in [-0.1, -0.05) is 0 Å². The van der Waals surface area contributed by atoms with Gasteiger partial charge in [-0.2, -0.15) is 0 Å². The summed E-state index contributed by atoms with van der Waals surface area (Å²) in [6.45, 7) is 2.66. The molecule has 0 fully saturated rings. The molecule has 4 N–H and O–H groups in total. The highest BCUT2D eigenvalue weighted by Crippen LogP contribution is 2.23. The fourth-order valence-corrected chi connectivity index (χ4v) is 1.14. The van der Waals surface area contributed by atoms with Crippen molar-refractivity contribution in [1.82, 2.24) is 5.43 Å². The predicted octanol–water partition coefficient (Wildman–Crippen LogP) is 1.23. The van der Waals surface area contributed by atoms with Crippen molar-refractivity contribution in [2.45, 2.75) is 13.0 Å². The Morgan fingerprint density at radius 2 is 2.12 bits per heavy atom. The van der Waals surface area contributed by atoms with Crippen molar-refractivity contribution in [3.8, 4) is 5.75 Å². The Labute approximate surface area is 95.9 Å². The number of benzene rings is 1. The van der Waals surface area contributed by atoms with Crippen LogP contribution in [0.3, 0.4) is 0 Å². The van der Waals surface area contributed by atoms with E-state index in [1.165, 1.54) is 0 Å². The summed E-state index contributed by atoms with van der Waals surface area (Å²) in [5, 5.41) is 0. The van der Waals surface area contributed by atoms with E-state index < -0.39 is 0 Å². The second-order valence-corrected chi connectivity index (χ2v) is 3.51. The maximum absolute atomic E-state index is 5.80. The Hall–Kier alpha value is -1.46. The standard InChI is InChI=1S/C11H19N3O2/c1-8(15-2)7-13-14-11-6-9(16-3)4-5-10(11)12/h4-6,8,13-14H,7,12H2,1-3H3/t8-/m1/s1. The van der Waals surface area contributed by atoms with E-state index in [-0.39, 0.29) is 6.10 Å². The molecule has 5 heteroatoms. The number of anilines is 2. The maximum atomic E-state index is 5.80. The average molecular weight is 225 g/mol. The van der Waals surface area contributed by atoms with Gasteiger partial charge in [0.05, 0.1) is 24.6 Å². The molecular weight excluding hydrogens is 206 g/mol. The first-order valence-corrected chi connectivity index (χ1v) is 5.12. The number of nitrogens with one attached hydrogen (secondary N) is 2. The summed E-state index contributed by atoms with van der Waals surface area (Å²) >= 11 is 0. The third-order valence-corrected chi connectivity index (χ3v) is 2.28. The molecule has 1 rings (SSSR count). The summed E-state index contributed by atoms with van der Waals surface area (Å²) in [6, 6.07) is 5.45. The number of nitrogens with two attached hydrogens (primary N) is 1. The zero-order valence-electron chi connectivity index (χ0n) is 9.91. The summed E-state index contributed by atoms with van der Waals surface area (Å²) in [5.74, 6) is 0.762. The third kappa shape index (κ3) is 3.60. The van der Waals surface area contributed by atoms with Gasteiger partial charge >= 0.3 is 0 Å². The number of methoxy groups -OCH3 is 2. The second-order valence-electron chi connectivity index (χ2n) is 3.51. The SMILES string of the molecule is COc1ccc(N)c(NNC[C@@H](C)OC)c1. The Bertz CT molecular complexity index is 331. The van der Waals surface area contributed by atoms with Crippen molar-refractivity contribution in [2.75, 3.05) is 31.9 Å². The van der Waals surface area contributed by atoms with Crippen molar-refractivity contribution in [3.63, 3.8) is 0 Å². The largest absolute Gasteiger partial charge is 0.497 e. The van der Waals surface area contributed by atoms with Gasteiger partial charge < -0.3 is 20.6 Å².